The maximum Gasteiger partial charge on any atom is 0.132 e. The zero-order chi connectivity index (χ0) is 12.3. The highest BCUT2D eigenvalue weighted by Crippen LogP contribution is 2.21. The summed E-state index contributed by atoms with van der Waals surface area (Å²) >= 11 is 0. The highest BCUT2D eigenvalue weighted by atomic mass is 19.1. The van der Waals surface area contributed by atoms with Gasteiger partial charge < -0.3 is 10.8 Å². The van der Waals surface area contributed by atoms with E-state index in [1.54, 1.807) is 12.1 Å². The molecule has 1 heterocycles. The number of benzene rings is 1. The summed E-state index contributed by atoms with van der Waals surface area (Å²) in [4.78, 5) is 2.14. The molecule has 0 radical (unpaired) electrons. The molecule has 0 aliphatic carbocycles. The molecule has 3 nitrogen and oxygen atoms in total. The zero-order valence-corrected chi connectivity index (χ0v) is 9.90. The molecule has 1 atom stereocenters. The highest BCUT2D eigenvalue weighted by Gasteiger charge is 2.24. The molecule has 17 heavy (non-hydrogen) atoms. The first kappa shape index (κ1) is 12.5. The lowest BCUT2D eigenvalue weighted by molar-refractivity contribution is 0.152. The number of aliphatic hydroxyl groups excluding tert-OH is 1. The average Bonchev–Trinajstić information content (AvgIpc) is 2.79. The van der Waals surface area contributed by atoms with Crippen LogP contribution in [0.4, 0.5) is 4.39 Å². The van der Waals surface area contributed by atoms with Gasteiger partial charge in [-0.25, -0.2) is 4.39 Å². The van der Waals surface area contributed by atoms with Crippen LogP contribution in [0.25, 0.3) is 0 Å². The van der Waals surface area contributed by atoms with E-state index in [2.05, 4.69) is 4.90 Å². The minimum atomic E-state index is -0.196. The molecule has 3 N–H and O–H groups in total. The lowest BCUT2D eigenvalue weighted by Crippen LogP contribution is -2.32. The Morgan fingerprint density at radius 1 is 1.41 bits per heavy atom. The maximum atomic E-state index is 14.0. The van der Waals surface area contributed by atoms with Gasteiger partial charge >= 0.3 is 0 Å². The lowest BCUT2D eigenvalue weighted by atomic mass is 10.1. The molecule has 1 aliphatic heterocycles. The van der Waals surface area contributed by atoms with E-state index >= 15 is 0 Å². The summed E-state index contributed by atoms with van der Waals surface area (Å²) < 4.78 is 14.0. The van der Waals surface area contributed by atoms with Crippen molar-refractivity contribution in [1.29, 1.82) is 0 Å². The van der Waals surface area contributed by atoms with Gasteiger partial charge in [-0.3, -0.25) is 4.90 Å². The van der Waals surface area contributed by atoms with Crippen LogP contribution in [0.3, 0.4) is 0 Å². The Bertz CT molecular complexity index is 384. The molecule has 1 unspecified atom stereocenters. The fraction of sp³-hybridized carbons (Fsp3) is 0.538. The molecule has 0 spiro atoms. The standard InChI is InChI=1S/C13H19FN2O/c14-13-10(7-15)3-1-4-11(13)8-16-6-2-5-12(16)9-17/h1,3-4,12,17H,2,5-9,15H2. The smallest absolute Gasteiger partial charge is 0.132 e. The second-order valence-electron chi connectivity index (χ2n) is 4.54. The quantitative estimate of drug-likeness (QED) is 0.829. The van der Waals surface area contributed by atoms with E-state index in [9.17, 15) is 9.50 Å². The fourth-order valence-corrected chi connectivity index (χ4v) is 2.44. The molecule has 0 aromatic heterocycles. The Labute approximate surface area is 101 Å². The Morgan fingerprint density at radius 2 is 2.18 bits per heavy atom. The van der Waals surface area contributed by atoms with Gasteiger partial charge in [-0.2, -0.15) is 0 Å². The van der Waals surface area contributed by atoms with E-state index in [1.165, 1.54) is 0 Å². The van der Waals surface area contributed by atoms with E-state index in [1.807, 2.05) is 6.07 Å². The molecule has 1 saturated heterocycles. The molecule has 0 saturated carbocycles. The van der Waals surface area contributed by atoms with E-state index in [0.29, 0.717) is 17.7 Å². The monoisotopic (exact) mass is 238 g/mol. The third-order valence-corrected chi connectivity index (χ3v) is 3.46. The van der Waals surface area contributed by atoms with Gasteiger partial charge in [0.25, 0.3) is 0 Å². The molecule has 0 bridgehead atoms. The normalized spacial score (nSPS) is 21.0. The number of hydrogen-bond acceptors (Lipinski definition) is 3. The van der Waals surface area contributed by atoms with Crippen molar-refractivity contribution < 1.29 is 9.50 Å². The van der Waals surface area contributed by atoms with E-state index in [4.69, 9.17) is 5.73 Å². The minimum absolute atomic E-state index is 0.151. The molecular weight excluding hydrogens is 219 g/mol. The van der Waals surface area contributed by atoms with E-state index < -0.39 is 0 Å². The predicted octanol–water partition coefficient (Wildman–Crippen LogP) is 1.24. The highest BCUT2D eigenvalue weighted by molar-refractivity contribution is 5.26. The molecule has 1 aliphatic rings. The Balaban J connectivity index is 2.13. The Hall–Kier alpha value is -0.970. The summed E-state index contributed by atoms with van der Waals surface area (Å²) in [5, 5.41) is 9.23. The van der Waals surface area contributed by atoms with Gasteiger partial charge in [-0.1, -0.05) is 18.2 Å². The minimum Gasteiger partial charge on any atom is -0.395 e. The van der Waals surface area contributed by atoms with Crippen molar-refractivity contribution in [3.05, 3.63) is 35.1 Å². The first-order valence-electron chi connectivity index (χ1n) is 6.07. The van der Waals surface area contributed by atoms with Crippen molar-refractivity contribution in [2.75, 3.05) is 13.2 Å². The summed E-state index contributed by atoms with van der Waals surface area (Å²) in [7, 11) is 0. The summed E-state index contributed by atoms with van der Waals surface area (Å²) in [6, 6.07) is 5.52. The summed E-state index contributed by atoms with van der Waals surface area (Å²) in [6.07, 6.45) is 2.07. The van der Waals surface area contributed by atoms with Gasteiger partial charge in [-0.05, 0) is 19.4 Å². The van der Waals surface area contributed by atoms with Crippen LogP contribution >= 0.6 is 0 Å². The van der Waals surface area contributed by atoms with Crippen LogP contribution in [-0.4, -0.2) is 29.2 Å². The average molecular weight is 238 g/mol. The molecule has 2 rings (SSSR count). The van der Waals surface area contributed by atoms with Crippen LogP contribution in [0.15, 0.2) is 18.2 Å². The summed E-state index contributed by atoms with van der Waals surface area (Å²) in [5.41, 5.74) is 6.72. The lowest BCUT2D eigenvalue weighted by Gasteiger charge is -2.23. The number of nitrogens with two attached hydrogens (primary N) is 1. The van der Waals surface area contributed by atoms with Gasteiger partial charge in [0.05, 0.1) is 6.61 Å². The van der Waals surface area contributed by atoms with Crippen molar-refractivity contribution in [3.8, 4) is 0 Å². The van der Waals surface area contributed by atoms with Crippen LogP contribution in [0.2, 0.25) is 0 Å². The van der Waals surface area contributed by atoms with Gasteiger partial charge in [0.2, 0.25) is 0 Å². The first-order chi connectivity index (χ1) is 8.26. The molecule has 0 amide bonds. The van der Waals surface area contributed by atoms with Crippen molar-refractivity contribution in [2.45, 2.75) is 32.0 Å². The second-order valence-corrected chi connectivity index (χ2v) is 4.54. The van der Waals surface area contributed by atoms with Crippen molar-refractivity contribution in [1.82, 2.24) is 4.90 Å². The van der Waals surface area contributed by atoms with Gasteiger partial charge in [0.15, 0.2) is 0 Å². The topological polar surface area (TPSA) is 49.5 Å². The largest absolute Gasteiger partial charge is 0.395 e. The van der Waals surface area contributed by atoms with E-state index in [0.717, 1.165) is 19.4 Å². The maximum absolute atomic E-state index is 14.0. The predicted molar refractivity (Wildman–Crippen MR) is 64.8 cm³/mol. The third kappa shape index (κ3) is 2.65. The van der Waals surface area contributed by atoms with Crippen LogP contribution < -0.4 is 5.73 Å². The van der Waals surface area contributed by atoms with Crippen LogP contribution in [-0.2, 0) is 13.1 Å². The number of rotatable bonds is 4. The van der Waals surface area contributed by atoms with Crippen LogP contribution in [0.5, 0.6) is 0 Å². The van der Waals surface area contributed by atoms with Crippen molar-refractivity contribution in [3.63, 3.8) is 0 Å². The molecule has 4 heteroatoms. The number of hydrogen-bond donors (Lipinski definition) is 2. The van der Waals surface area contributed by atoms with Crippen molar-refractivity contribution >= 4 is 0 Å². The summed E-state index contributed by atoms with van der Waals surface area (Å²) in [5.74, 6) is -0.196. The first-order valence-corrected chi connectivity index (χ1v) is 6.07. The summed E-state index contributed by atoms with van der Waals surface area (Å²) in [6.45, 7) is 1.86. The zero-order valence-electron chi connectivity index (χ0n) is 9.90. The molecule has 94 valence electrons. The van der Waals surface area contributed by atoms with Gasteiger partial charge in [0, 0.05) is 30.3 Å². The number of aliphatic hydroxyl groups is 1. The molecule has 1 aromatic carbocycles. The molecular formula is C13H19FN2O. The van der Waals surface area contributed by atoms with Gasteiger partial charge in [-0.15, -0.1) is 0 Å². The number of likely N-dealkylation sites (tertiary alicyclic amines) is 1. The second kappa shape index (κ2) is 5.58. The Morgan fingerprint density at radius 3 is 2.88 bits per heavy atom. The number of nitrogens with zero attached hydrogens (tertiary/aromatic N) is 1. The van der Waals surface area contributed by atoms with Crippen LogP contribution in [0.1, 0.15) is 24.0 Å². The SMILES string of the molecule is NCc1cccc(CN2CCCC2CO)c1F. The van der Waals surface area contributed by atoms with E-state index in [-0.39, 0.29) is 25.0 Å². The Kier molecular flexibility index (Phi) is 4.10. The van der Waals surface area contributed by atoms with Crippen molar-refractivity contribution in [2.24, 2.45) is 5.73 Å². The molecule has 1 fully saturated rings. The fourth-order valence-electron chi connectivity index (χ4n) is 2.44. The van der Waals surface area contributed by atoms with Crippen LogP contribution in [0, 0.1) is 5.82 Å². The molecule has 1 aromatic rings. The third-order valence-electron chi connectivity index (χ3n) is 3.46. The number of halogens is 1. The van der Waals surface area contributed by atoms with Gasteiger partial charge in [0.1, 0.15) is 5.82 Å².